The predicted octanol–water partition coefficient (Wildman–Crippen LogP) is 5.15. The highest BCUT2D eigenvalue weighted by Gasteiger charge is 2.26. The van der Waals surface area contributed by atoms with Gasteiger partial charge in [0.05, 0.1) is 12.0 Å². The third-order valence-electron chi connectivity index (χ3n) is 4.07. The molecule has 0 amide bonds. The van der Waals surface area contributed by atoms with Crippen LogP contribution in [0.5, 0.6) is 5.75 Å². The van der Waals surface area contributed by atoms with E-state index in [0.29, 0.717) is 0 Å². The minimum absolute atomic E-state index is 0.156. The normalized spacial score (nSPS) is 17.7. The Kier molecular flexibility index (Phi) is 3.21. The maximum absolute atomic E-state index is 6.73. The Morgan fingerprint density at radius 3 is 2.85 bits per heavy atom. The van der Waals surface area contributed by atoms with Gasteiger partial charge in [-0.3, -0.25) is 0 Å². The molecule has 20 heavy (non-hydrogen) atoms. The van der Waals surface area contributed by atoms with E-state index in [2.05, 4.69) is 6.07 Å². The molecule has 0 radical (unpaired) electrons. The van der Waals surface area contributed by atoms with Crippen LogP contribution in [-0.2, 0) is 19.3 Å². The smallest absolute Gasteiger partial charge is 0.127 e. The summed E-state index contributed by atoms with van der Waals surface area (Å²) in [6, 6.07) is 6.21. The number of thiophene rings is 1. The van der Waals surface area contributed by atoms with Crippen molar-refractivity contribution in [1.82, 2.24) is 0 Å². The Hall–Kier alpha value is -0.700. The van der Waals surface area contributed by atoms with Crippen molar-refractivity contribution in [3.05, 3.63) is 49.7 Å². The average molecular weight is 325 g/mol. The number of alkyl halides is 1. The van der Waals surface area contributed by atoms with Crippen LogP contribution in [-0.4, -0.2) is 6.61 Å². The van der Waals surface area contributed by atoms with Gasteiger partial charge in [0.1, 0.15) is 5.75 Å². The van der Waals surface area contributed by atoms with Gasteiger partial charge in [-0.25, -0.2) is 0 Å². The van der Waals surface area contributed by atoms with E-state index in [4.69, 9.17) is 27.9 Å². The highest BCUT2D eigenvalue weighted by Crippen LogP contribution is 2.45. The molecule has 104 valence electrons. The molecular formula is C16H14Cl2OS. The first-order chi connectivity index (χ1) is 9.72. The summed E-state index contributed by atoms with van der Waals surface area (Å²) in [6.07, 6.45) is 4.60. The van der Waals surface area contributed by atoms with Crippen molar-refractivity contribution in [2.24, 2.45) is 0 Å². The van der Waals surface area contributed by atoms with Crippen LogP contribution in [0.2, 0.25) is 5.02 Å². The van der Waals surface area contributed by atoms with Crippen molar-refractivity contribution < 1.29 is 4.74 Å². The van der Waals surface area contributed by atoms with Crippen LogP contribution in [0.1, 0.15) is 38.2 Å². The van der Waals surface area contributed by atoms with Crippen LogP contribution in [0, 0.1) is 0 Å². The number of benzene rings is 1. The van der Waals surface area contributed by atoms with E-state index >= 15 is 0 Å². The molecule has 1 nitrogen and oxygen atoms in total. The summed E-state index contributed by atoms with van der Waals surface area (Å²) in [6.45, 7) is 0.729. The molecule has 0 saturated carbocycles. The van der Waals surface area contributed by atoms with E-state index in [9.17, 15) is 0 Å². The molecule has 0 bridgehead atoms. The molecule has 1 aliphatic heterocycles. The number of halogens is 2. The fourth-order valence-corrected chi connectivity index (χ4v) is 4.98. The number of hydrogen-bond donors (Lipinski definition) is 0. The van der Waals surface area contributed by atoms with Crippen molar-refractivity contribution in [3.8, 4) is 5.75 Å². The van der Waals surface area contributed by atoms with Crippen LogP contribution in [0.4, 0.5) is 0 Å². The Labute approximate surface area is 132 Å². The number of hydrogen-bond acceptors (Lipinski definition) is 2. The predicted molar refractivity (Wildman–Crippen MR) is 84.7 cm³/mol. The molecule has 0 N–H and O–H groups in total. The second kappa shape index (κ2) is 4.94. The van der Waals surface area contributed by atoms with E-state index in [-0.39, 0.29) is 5.38 Å². The fourth-order valence-electron chi connectivity index (χ4n) is 3.12. The molecule has 4 rings (SSSR count). The van der Waals surface area contributed by atoms with E-state index in [0.717, 1.165) is 29.4 Å². The summed E-state index contributed by atoms with van der Waals surface area (Å²) in [5.74, 6) is 0.947. The second-order valence-electron chi connectivity index (χ2n) is 5.40. The summed E-state index contributed by atoms with van der Waals surface area (Å²) >= 11 is 14.8. The topological polar surface area (TPSA) is 9.23 Å². The Balaban J connectivity index is 1.76. The minimum Gasteiger partial charge on any atom is -0.493 e. The first-order valence-electron chi connectivity index (χ1n) is 6.93. The molecular weight excluding hydrogens is 311 g/mol. The third kappa shape index (κ3) is 2.05. The summed E-state index contributed by atoms with van der Waals surface area (Å²) in [5, 5.41) is 0.593. The zero-order valence-corrected chi connectivity index (χ0v) is 13.2. The van der Waals surface area contributed by atoms with Gasteiger partial charge < -0.3 is 4.74 Å². The Morgan fingerprint density at radius 1 is 1.10 bits per heavy atom. The quantitative estimate of drug-likeness (QED) is 0.694. The number of rotatable bonds is 2. The lowest BCUT2D eigenvalue weighted by molar-refractivity contribution is 0.354. The highest BCUT2D eigenvalue weighted by molar-refractivity contribution is 7.12. The zero-order valence-electron chi connectivity index (χ0n) is 10.9. The van der Waals surface area contributed by atoms with Crippen molar-refractivity contribution in [3.63, 3.8) is 0 Å². The maximum Gasteiger partial charge on any atom is 0.127 e. The molecule has 2 aromatic rings. The number of ether oxygens (including phenoxy) is 1. The first-order valence-corrected chi connectivity index (χ1v) is 8.56. The molecule has 2 heterocycles. The van der Waals surface area contributed by atoms with Gasteiger partial charge in [-0.05, 0) is 48.6 Å². The first kappa shape index (κ1) is 13.0. The van der Waals surface area contributed by atoms with Crippen LogP contribution < -0.4 is 4.74 Å². The van der Waals surface area contributed by atoms with Gasteiger partial charge in [0.25, 0.3) is 0 Å². The SMILES string of the molecule is Clc1cc2c(c(C(Cl)c3cc4c(s3)CCC4)c1)OCC2. The van der Waals surface area contributed by atoms with Gasteiger partial charge in [-0.2, -0.15) is 0 Å². The lowest BCUT2D eigenvalue weighted by Gasteiger charge is -2.13. The van der Waals surface area contributed by atoms with Gasteiger partial charge in [0, 0.05) is 26.8 Å². The van der Waals surface area contributed by atoms with Crippen LogP contribution in [0.15, 0.2) is 18.2 Å². The van der Waals surface area contributed by atoms with E-state index in [1.165, 1.54) is 40.1 Å². The van der Waals surface area contributed by atoms with Crippen molar-refractivity contribution in [2.75, 3.05) is 6.61 Å². The van der Waals surface area contributed by atoms with E-state index in [1.807, 2.05) is 23.5 Å². The molecule has 1 aromatic carbocycles. The molecule has 0 fully saturated rings. The third-order valence-corrected chi connectivity index (χ3v) is 6.19. The summed E-state index contributed by atoms with van der Waals surface area (Å²) < 4.78 is 5.77. The Bertz CT molecular complexity index is 656. The Morgan fingerprint density at radius 2 is 2.00 bits per heavy atom. The van der Waals surface area contributed by atoms with Gasteiger partial charge in [-0.1, -0.05) is 11.6 Å². The van der Waals surface area contributed by atoms with Crippen molar-refractivity contribution >= 4 is 34.5 Å². The van der Waals surface area contributed by atoms with E-state index < -0.39 is 0 Å². The highest BCUT2D eigenvalue weighted by atomic mass is 35.5. The van der Waals surface area contributed by atoms with E-state index in [1.54, 1.807) is 0 Å². The molecule has 4 heteroatoms. The largest absolute Gasteiger partial charge is 0.493 e. The fraction of sp³-hybridized carbons (Fsp3) is 0.375. The van der Waals surface area contributed by atoms with Crippen LogP contribution >= 0.6 is 34.5 Å². The summed E-state index contributed by atoms with van der Waals surface area (Å²) in [5.41, 5.74) is 3.68. The standard InChI is InChI=1S/C16H14Cl2OS/c17-11-6-10-4-5-19-16(10)12(8-11)15(18)14-7-9-2-1-3-13(9)20-14/h6-8,15H,1-5H2. The van der Waals surface area contributed by atoms with Crippen LogP contribution in [0.25, 0.3) is 0 Å². The van der Waals surface area contributed by atoms with Gasteiger partial charge in [0.15, 0.2) is 0 Å². The minimum atomic E-state index is -0.156. The lowest BCUT2D eigenvalue weighted by Crippen LogP contribution is -1.96. The maximum atomic E-state index is 6.73. The van der Waals surface area contributed by atoms with Crippen molar-refractivity contribution in [2.45, 2.75) is 31.1 Å². The molecule has 1 atom stereocenters. The zero-order chi connectivity index (χ0) is 13.7. The molecule has 0 spiro atoms. The van der Waals surface area contributed by atoms with Gasteiger partial charge in [-0.15, -0.1) is 22.9 Å². The monoisotopic (exact) mass is 324 g/mol. The molecule has 1 aromatic heterocycles. The number of aryl methyl sites for hydroxylation is 2. The summed E-state index contributed by atoms with van der Waals surface area (Å²) in [4.78, 5) is 2.72. The van der Waals surface area contributed by atoms with Crippen LogP contribution in [0.3, 0.4) is 0 Å². The molecule has 2 aliphatic rings. The number of fused-ring (bicyclic) bond motifs is 2. The van der Waals surface area contributed by atoms with Gasteiger partial charge in [0.2, 0.25) is 0 Å². The molecule has 0 saturated heterocycles. The van der Waals surface area contributed by atoms with Crippen molar-refractivity contribution in [1.29, 1.82) is 0 Å². The van der Waals surface area contributed by atoms with Gasteiger partial charge >= 0.3 is 0 Å². The molecule has 1 unspecified atom stereocenters. The summed E-state index contributed by atoms with van der Waals surface area (Å²) in [7, 11) is 0. The second-order valence-corrected chi connectivity index (χ2v) is 7.44. The molecule has 1 aliphatic carbocycles. The lowest BCUT2D eigenvalue weighted by atomic mass is 10.0. The average Bonchev–Trinajstić information content (AvgIpc) is 3.10.